The second-order valence-electron chi connectivity index (χ2n) is 4.53. The Morgan fingerprint density at radius 1 is 0.941 bits per heavy atom. The molecule has 102 valence electrons. The minimum atomic E-state index is -0.948. The van der Waals surface area contributed by atoms with Crippen molar-refractivity contribution in [1.82, 2.24) is 10.4 Å². The van der Waals surface area contributed by atoms with Crippen molar-refractivity contribution < 1.29 is 9.90 Å². The molecule has 0 saturated heterocycles. The van der Waals surface area contributed by atoms with Gasteiger partial charge in [-0.3, -0.25) is 5.43 Å². The van der Waals surface area contributed by atoms with Gasteiger partial charge in [0.25, 0.3) is 0 Å². The summed E-state index contributed by atoms with van der Waals surface area (Å²) in [6, 6.07) is 0. The smallest absolute Gasteiger partial charge is 0.419 e. The number of carboxylic acid groups (broad SMARTS) is 1. The van der Waals surface area contributed by atoms with E-state index in [0.29, 0.717) is 0 Å². The zero-order chi connectivity index (χ0) is 12.9. The number of nitrogens with zero attached hydrogens (tertiary/aromatic N) is 1. The van der Waals surface area contributed by atoms with Crippen molar-refractivity contribution in [3.63, 3.8) is 0 Å². The van der Waals surface area contributed by atoms with Gasteiger partial charge in [0.15, 0.2) is 0 Å². The van der Waals surface area contributed by atoms with Crippen LogP contribution in [0.15, 0.2) is 0 Å². The first-order valence-electron chi connectivity index (χ1n) is 6.95. The molecule has 0 atom stereocenters. The molecule has 0 heterocycles. The van der Waals surface area contributed by atoms with Crippen molar-refractivity contribution in [1.29, 1.82) is 0 Å². The molecule has 0 bridgehead atoms. The zero-order valence-electron chi connectivity index (χ0n) is 11.4. The van der Waals surface area contributed by atoms with Crippen LogP contribution in [0.25, 0.3) is 0 Å². The van der Waals surface area contributed by atoms with E-state index >= 15 is 0 Å². The van der Waals surface area contributed by atoms with E-state index in [9.17, 15) is 4.79 Å². The third-order valence-electron chi connectivity index (χ3n) is 2.82. The fourth-order valence-corrected chi connectivity index (χ4v) is 1.82. The average molecular weight is 244 g/mol. The van der Waals surface area contributed by atoms with E-state index in [4.69, 9.17) is 5.11 Å². The first-order valence-corrected chi connectivity index (χ1v) is 6.95. The maximum atomic E-state index is 10.6. The van der Waals surface area contributed by atoms with Crippen LogP contribution in [0.4, 0.5) is 4.79 Å². The molecule has 0 aromatic heterocycles. The molecular weight excluding hydrogens is 216 g/mol. The van der Waals surface area contributed by atoms with Crippen LogP contribution in [-0.2, 0) is 0 Å². The van der Waals surface area contributed by atoms with Crippen LogP contribution in [0.2, 0.25) is 0 Å². The number of hydrogen-bond acceptors (Lipinski definition) is 2. The van der Waals surface area contributed by atoms with Crippen LogP contribution >= 0.6 is 0 Å². The second kappa shape index (κ2) is 11.7. The van der Waals surface area contributed by atoms with Crippen LogP contribution in [0.5, 0.6) is 0 Å². The Balaban J connectivity index is 3.68. The number of carbonyl (C=O) groups is 1. The van der Waals surface area contributed by atoms with Gasteiger partial charge in [-0.05, 0) is 12.8 Å². The lowest BCUT2D eigenvalue weighted by atomic mass is 10.2. The summed E-state index contributed by atoms with van der Waals surface area (Å²) in [6.07, 6.45) is 8.45. The van der Waals surface area contributed by atoms with Gasteiger partial charge in [0.05, 0.1) is 0 Å². The Kier molecular flexibility index (Phi) is 11.2. The predicted molar refractivity (Wildman–Crippen MR) is 71.0 cm³/mol. The predicted octanol–water partition coefficient (Wildman–Crippen LogP) is 3.63. The van der Waals surface area contributed by atoms with Gasteiger partial charge in [-0.1, -0.05) is 52.4 Å². The summed E-state index contributed by atoms with van der Waals surface area (Å²) in [7, 11) is 0. The molecule has 0 spiro atoms. The first kappa shape index (κ1) is 16.2. The summed E-state index contributed by atoms with van der Waals surface area (Å²) in [6.45, 7) is 6.02. The lowest BCUT2D eigenvalue weighted by Crippen LogP contribution is -2.42. The average Bonchev–Trinajstić information content (AvgIpc) is 2.29. The van der Waals surface area contributed by atoms with Crippen molar-refractivity contribution in [3.8, 4) is 0 Å². The van der Waals surface area contributed by atoms with Gasteiger partial charge in [0, 0.05) is 13.1 Å². The van der Waals surface area contributed by atoms with Crippen LogP contribution in [0, 0.1) is 0 Å². The number of hydrogen-bond donors (Lipinski definition) is 2. The van der Waals surface area contributed by atoms with Gasteiger partial charge in [0.1, 0.15) is 0 Å². The fraction of sp³-hybridized carbons (Fsp3) is 0.923. The van der Waals surface area contributed by atoms with Gasteiger partial charge in [-0.15, -0.1) is 0 Å². The van der Waals surface area contributed by atoms with Crippen LogP contribution in [0.3, 0.4) is 0 Å². The number of unbranched alkanes of at least 4 members (excludes halogenated alkanes) is 6. The maximum Gasteiger partial charge on any atom is 0.419 e. The summed E-state index contributed by atoms with van der Waals surface area (Å²) >= 11 is 0. The van der Waals surface area contributed by atoms with Gasteiger partial charge >= 0.3 is 6.09 Å². The van der Waals surface area contributed by atoms with Crippen LogP contribution < -0.4 is 5.43 Å². The quantitative estimate of drug-likeness (QED) is 0.431. The number of nitrogens with one attached hydrogen (secondary N) is 1. The van der Waals surface area contributed by atoms with E-state index in [1.165, 1.54) is 38.5 Å². The molecule has 0 radical (unpaired) electrons. The highest BCUT2D eigenvalue weighted by molar-refractivity contribution is 5.63. The monoisotopic (exact) mass is 244 g/mol. The summed E-state index contributed by atoms with van der Waals surface area (Å²) < 4.78 is 0. The molecule has 2 N–H and O–H groups in total. The summed E-state index contributed by atoms with van der Waals surface area (Å²) in [5.74, 6) is 0. The molecule has 0 aliphatic heterocycles. The molecular formula is C13H28N2O2. The van der Waals surface area contributed by atoms with E-state index in [2.05, 4.69) is 19.3 Å². The molecule has 0 aromatic carbocycles. The molecule has 4 heteroatoms. The molecule has 0 fully saturated rings. The van der Waals surface area contributed by atoms with Crippen molar-refractivity contribution in [3.05, 3.63) is 0 Å². The van der Waals surface area contributed by atoms with Gasteiger partial charge in [-0.25, -0.2) is 9.80 Å². The van der Waals surface area contributed by atoms with Crippen molar-refractivity contribution in [2.24, 2.45) is 0 Å². The second-order valence-corrected chi connectivity index (χ2v) is 4.53. The van der Waals surface area contributed by atoms with Gasteiger partial charge < -0.3 is 5.11 Å². The largest absolute Gasteiger partial charge is 0.464 e. The minimum Gasteiger partial charge on any atom is -0.464 e. The standard InChI is InChI=1S/C13H28N2O2/c1-3-5-7-9-11-15(14-13(16)17)12-10-8-6-4-2/h14H,3-12H2,1-2H3,(H,16,17). The lowest BCUT2D eigenvalue weighted by molar-refractivity contribution is 0.135. The molecule has 0 aromatic rings. The third kappa shape index (κ3) is 11.5. The Hall–Kier alpha value is -0.770. The maximum absolute atomic E-state index is 10.6. The molecule has 0 rings (SSSR count). The fourth-order valence-electron chi connectivity index (χ4n) is 1.82. The summed E-state index contributed by atoms with van der Waals surface area (Å²) in [5, 5.41) is 10.6. The molecule has 0 unspecified atom stereocenters. The number of hydrazine groups is 1. The van der Waals surface area contributed by atoms with Gasteiger partial charge in [0.2, 0.25) is 0 Å². The van der Waals surface area contributed by atoms with E-state index < -0.39 is 6.09 Å². The molecule has 17 heavy (non-hydrogen) atoms. The first-order chi connectivity index (χ1) is 8.20. The number of rotatable bonds is 11. The van der Waals surface area contributed by atoms with Crippen molar-refractivity contribution >= 4 is 6.09 Å². The van der Waals surface area contributed by atoms with E-state index in [0.717, 1.165) is 25.9 Å². The highest BCUT2D eigenvalue weighted by Gasteiger charge is 2.06. The minimum absolute atomic E-state index is 0.832. The Bertz CT molecular complexity index is 174. The molecule has 4 nitrogen and oxygen atoms in total. The van der Waals surface area contributed by atoms with E-state index in [-0.39, 0.29) is 0 Å². The third-order valence-corrected chi connectivity index (χ3v) is 2.82. The van der Waals surface area contributed by atoms with Gasteiger partial charge in [-0.2, -0.15) is 0 Å². The van der Waals surface area contributed by atoms with Crippen molar-refractivity contribution in [2.75, 3.05) is 13.1 Å². The Morgan fingerprint density at radius 2 is 1.41 bits per heavy atom. The topological polar surface area (TPSA) is 52.6 Å². The molecule has 0 aliphatic rings. The molecule has 0 saturated carbocycles. The Labute approximate surface area is 105 Å². The summed E-state index contributed by atoms with van der Waals surface area (Å²) in [4.78, 5) is 10.6. The van der Waals surface area contributed by atoms with E-state index in [1.54, 1.807) is 0 Å². The highest BCUT2D eigenvalue weighted by atomic mass is 16.4. The van der Waals surface area contributed by atoms with Crippen molar-refractivity contribution in [2.45, 2.75) is 65.2 Å². The molecule has 0 aliphatic carbocycles. The normalized spacial score (nSPS) is 10.8. The van der Waals surface area contributed by atoms with E-state index in [1.807, 2.05) is 5.01 Å². The lowest BCUT2D eigenvalue weighted by Gasteiger charge is -2.21. The highest BCUT2D eigenvalue weighted by Crippen LogP contribution is 2.03. The zero-order valence-corrected chi connectivity index (χ0v) is 11.4. The summed E-state index contributed by atoms with van der Waals surface area (Å²) in [5.41, 5.74) is 2.48. The molecule has 1 amide bonds. The van der Waals surface area contributed by atoms with Crippen LogP contribution in [0.1, 0.15) is 65.2 Å². The SMILES string of the molecule is CCCCCCN(CCCCCC)NC(=O)O. The van der Waals surface area contributed by atoms with Crippen LogP contribution in [-0.4, -0.2) is 29.3 Å². The Morgan fingerprint density at radius 3 is 1.76 bits per heavy atom. The number of amides is 1.